The normalized spacial score (nSPS) is 12.8. The second-order valence-corrected chi connectivity index (χ2v) is 3.08. The van der Waals surface area contributed by atoms with E-state index in [1.54, 1.807) is 0 Å². The van der Waals surface area contributed by atoms with Crippen molar-refractivity contribution in [2.24, 2.45) is 0 Å². The third kappa shape index (κ3) is 3.15. The van der Waals surface area contributed by atoms with Gasteiger partial charge in [-0.05, 0) is 24.3 Å². The Morgan fingerprint density at radius 2 is 1.85 bits per heavy atom. The highest BCUT2D eigenvalue weighted by Gasteiger charge is 2.09. The summed E-state index contributed by atoms with van der Waals surface area (Å²) >= 11 is 0. The van der Waals surface area contributed by atoms with Crippen LogP contribution in [0.15, 0.2) is 30.3 Å². The molecule has 1 aromatic rings. The van der Waals surface area contributed by atoms with E-state index in [9.17, 15) is 9.50 Å². The predicted molar refractivity (Wildman–Crippen MR) is 49.9 cm³/mol. The summed E-state index contributed by atoms with van der Waals surface area (Å²) in [7, 11) is 0. The molecule has 0 saturated carbocycles. The zero-order valence-corrected chi connectivity index (χ0v) is 7.58. The van der Waals surface area contributed by atoms with Crippen molar-refractivity contribution in [3.05, 3.63) is 35.9 Å². The first kappa shape index (κ1) is 10.2. The standard InChI is InChI=1S/C11H14FO/c12-8-6-11(7-9-13)10-4-2-1-3-5-10/h1-5,11H,6-9H2. The molecule has 0 aliphatic rings. The van der Waals surface area contributed by atoms with E-state index in [0.717, 1.165) is 5.56 Å². The van der Waals surface area contributed by atoms with Gasteiger partial charge in [-0.15, -0.1) is 0 Å². The molecule has 0 fully saturated rings. The molecule has 1 rings (SSSR count). The molecule has 0 aliphatic carbocycles. The summed E-state index contributed by atoms with van der Waals surface area (Å²) in [6, 6.07) is 9.68. The third-order valence-corrected chi connectivity index (χ3v) is 2.19. The zero-order valence-electron chi connectivity index (χ0n) is 7.58. The lowest BCUT2D eigenvalue weighted by molar-refractivity contribution is 0.178. The van der Waals surface area contributed by atoms with Crippen LogP contribution in [0.2, 0.25) is 0 Å². The minimum Gasteiger partial charge on any atom is -0.251 e. The van der Waals surface area contributed by atoms with Crippen LogP contribution in [0, 0.1) is 0 Å². The molecule has 1 nitrogen and oxygen atoms in total. The molecule has 0 bridgehead atoms. The number of halogens is 1. The Balaban J connectivity index is 2.64. The Morgan fingerprint density at radius 1 is 1.15 bits per heavy atom. The predicted octanol–water partition coefficient (Wildman–Crippen LogP) is 2.95. The second kappa shape index (κ2) is 5.70. The Kier molecular flexibility index (Phi) is 4.47. The average Bonchev–Trinajstić information content (AvgIpc) is 2.19. The second-order valence-electron chi connectivity index (χ2n) is 3.08. The van der Waals surface area contributed by atoms with Crippen molar-refractivity contribution in [2.75, 3.05) is 13.3 Å². The summed E-state index contributed by atoms with van der Waals surface area (Å²) in [4.78, 5) is 0. The molecule has 0 N–H and O–H groups in total. The third-order valence-electron chi connectivity index (χ3n) is 2.19. The summed E-state index contributed by atoms with van der Waals surface area (Å²) in [5.41, 5.74) is 1.08. The van der Waals surface area contributed by atoms with Crippen LogP contribution in [0.3, 0.4) is 0 Å². The van der Waals surface area contributed by atoms with E-state index in [2.05, 4.69) is 0 Å². The van der Waals surface area contributed by atoms with Crippen molar-refractivity contribution < 1.29 is 9.50 Å². The highest BCUT2D eigenvalue weighted by molar-refractivity contribution is 5.19. The quantitative estimate of drug-likeness (QED) is 0.665. The van der Waals surface area contributed by atoms with E-state index in [1.807, 2.05) is 30.3 Å². The van der Waals surface area contributed by atoms with Crippen molar-refractivity contribution in [3.8, 4) is 0 Å². The number of rotatable bonds is 5. The van der Waals surface area contributed by atoms with Crippen LogP contribution in [0.4, 0.5) is 4.39 Å². The monoisotopic (exact) mass is 181 g/mol. The fourth-order valence-corrected chi connectivity index (χ4v) is 1.48. The molecule has 13 heavy (non-hydrogen) atoms. The van der Waals surface area contributed by atoms with Gasteiger partial charge in [-0.25, -0.2) is 5.11 Å². The van der Waals surface area contributed by atoms with E-state index >= 15 is 0 Å². The topological polar surface area (TPSA) is 19.9 Å². The summed E-state index contributed by atoms with van der Waals surface area (Å²) < 4.78 is 12.2. The largest absolute Gasteiger partial charge is 0.251 e. The van der Waals surface area contributed by atoms with Gasteiger partial charge in [0, 0.05) is 0 Å². The maximum Gasteiger partial charge on any atom is 0.0900 e. The molecule has 1 radical (unpaired) electrons. The van der Waals surface area contributed by atoms with Crippen LogP contribution >= 0.6 is 0 Å². The van der Waals surface area contributed by atoms with Crippen molar-refractivity contribution >= 4 is 0 Å². The first-order valence-corrected chi connectivity index (χ1v) is 4.57. The van der Waals surface area contributed by atoms with Crippen molar-refractivity contribution in [1.29, 1.82) is 0 Å². The van der Waals surface area contributed by atoms with Crippen LogP contribution in [0.25, 0.3) is 0 Å². The fraction of sp³-hybridized carbons (Fsp3) is 0.455. The van der Waals surface area contributed by atoms with Crippen LogP contribution in [0.5, 0.6) is 0 Å². The molecule has 0 spiro atoms. The fourth-order valence-electron chi connectivity index (χ4n) is 1.48. The van der Waals surface area contributed by atoms with Gasteiger partial charge in [0.15, 0.2) is 0 Å². The smallest absolute Gasteiger partial charge is 0.0900 e. The molecule has 0 heterocycles. The van der Waals surface area contributed by atoms with Gasteiger partial charge in [0.2, 0.25) is 0 Å². The Hall–Kier alpha value is -0.890. The van der Waals surface area contributed by atoms with Gasteiger partial charge in [0.05, 0.1) is 13.3 Å². The molecule has 0 saturated heterocycles. The first-order chi connectivity index (χ1) is 6.38. The maximum absolute atomic E-state index is 12.2. The molecule has 0 aliphatic heterocycles. The number of hydrogen-bond donors (Lipinski definition) is 0. The van der Waals surface area contributed by atoms with Gasteiger partial charge >= 0.3 is 0 Å². The van der Waals surface area contributed by atoms with Crippen LogP contribution in [-0.2, 0) is 5.11 Å². The minimum absolute atomic E-state index is 0.101. The molecule has 1 unspecified atom stereocenters. The maximum atomic E-state index is 12.2. The molecule has 2 heteroatoms. The molecular formula is C11H14FO. The zero-order chi connectivity index (χ0) is 9.52. The highest BCUT2D eigenvalue weighted by Crippen LogP contribution is 2.22. The van der Waals surface area contributed by atoms with Crippen LogP contribution in [0.1, 0.15) is 24.3 Å². The van der Waals surface area contributed by atoms with Crippen molar-refractivity contribution in [2.45, 2.75) is 18.8 Å². The Bertz CT molecular complexity index is 217. The van der Waals surface area contributed by atoms with Crippen molar-refractivity contribution in [1.82, 2.24) is 0 Å². The number of hydrogen-bond acceptors (Lipinski definition) is 0. The van der Waals surface area contributed by atoms with Gasteiger partial charge in [-0.3, -0.25) is 4.39 Å². The van der Waals surface area contributed by atoms with Crippen LogP contribution in [-0.4, -0.2) is 13.3 Å². The van der Waals surface area contributed by atoms with E-state index in [4.69, 9.17) is 0 Å². The lowest BCUT2D eigenvalue weighted by atomic mass is 9.93. The van der Waals surface area contributed by atoms with Gasteiger partial charge < -0.3 is 0 Å². The number of alkyl halides is 1. The summed E-state index contributed by atoms with van der Waals surface area (Å²) in [6.45, 7) is -0.473. The molecule has 1 aromatic carbocycles. The molecule has 71 valence electrons. The van der Waals surface area contributed by atoms with Gasteiger partial charge in [-0.1, -0.05) is 30.3 Å². The molecule has 0 aromatic heterocycles. The van der Waals surface area contributed by atoms with E-state index in [-0.39, 0.29) is 19.2 Å². The minimum atomic E-state index is -0.348. The average molecular weight is 181 g/mol. The number of benzene rings is 1. The molecular weight excluding hydrogens is 167 g/mol. The summed E-state index contributed by atoms with van der Waals surface area (Å²) in [6.07, 6.45) is 1.00. The molecule has 1 atom stereocenters. The lowest BCUT2D eigenvalue weighted by Gasteiger charge is -2.13. The molecule has 0 amide bonds. The Labute approximate surface area is 78.2 Å². The lowest BCUT2D eigenvalue weighted by Crippen LogP contribution is -2.01. The van der Waals surface area contributed by atoms with Crippen LogP contribution < -0.4 is 0 Å². The first-order valence-electron chi connectivity index (χ1n) is 4.57. The Morgan fingerprint density at radius 3 is 2.38 bits per heavy atom. The highest BCUT2D eigenvalue weighted by atomic mass is 19.1. The summed E-state index contributed by atoms with van der Waals surface area (Å²) in [5.74, 6) is 0.101. The van der Waals surface area contributed by atoms with Gasteiger partial charge in [0.25, 0.3) is 0 Å². The van der Waals surface area contributed by atoms with Crippen molar-refractivity contribution in [3.63, 3.8) is 0 Å². The van der Waals surface area contributed by atoms with E-state index in [0.29, 0.717) is 12.8 Å². The SMILES string of the molecule is [O]CCC(CCF)c1ccccc1. The van der Waals surface area contributed by atoms with Gasteiger partial charge in [0.1, 0.15) is 0 Å². The van der Waals surface area contributed by atoms with E-state index in [1.165, 1.54) is 0 Å². The van der Waals surface area contributed by atoms with Gasteiger partial charge in [-0.2, -0.15) is 0 Å². The van der Waals surface area contributed by atoms with E-state index < -0.39 is 0 Å². The summed E-state index contributed by atoms with van der Waals surface area (Å²) in [5, 5.41) is 10.5.